The molecule has 0 bridgehead atoms. The molecular weight excluding hydrogens is 829 g/mol. The fourth-order valence-corrected chi connectivity index (χ4v) is 6.60. The van der Waals surface area contributed by atoms with Gasteiger partial charge >= 0.3 is 17.9 Å². The maximum absolute atomic E-state index is 12.8. The summed E-state index contributed by atoms with van der Waals surface area (Å²) in [6.45, 7) is 6.30. The molecule has 6 nitrogen and oxygen atoms in total. The van der Waals surface area contributed by atoms with Crippen molar-refractivity contribution in [1.29, 1.82) is 0 Å². The van der Waals surface area contributed by atoms with Crippen molar-refractivity contribution in [3.8, 4) is 0 Å². The highest BCUT2D eigenvalue weighted by atomic mass is 16.6. The number of ether oxygens (including phenoxy) is 3. The lowest BCUT2D eigenvalue weighted by molar-refractivity contribution is -0.167. The molecule has 374 valence electrons. The molecule has 0 heterocycles. The van der Waals surface area contributed by atoms with Gasteiger partial charge < -0.3 is 14.2 Å². The molecular formula is C61H94O6. The number of hydrogen-bond acceptors (Lipinski definition) is 6. The summed E-state index contributed by atoms with van der Waals surface area (Å²) in [4.78, 5) is 38.1. The van der Waals surface area contributed by atoms with Gasteiger partial charge in [-0.25, -0.2) is 0 Å². The molecule has 6 heteroatoms. The van der Waals surface area contributed by atoms with Crippen molar-refractivity contribution >= 4 is 17.9 Å². The highest BCUT2D eigenvalue weighted by Gasteiger charge is 2.19. The summed E-state index contributed by atoms with van der Waals surface area (Å²) in [5, 5.41) is 0. The molecule has 0 aromatic heterocycles. The number of carbonyl (C=O) groups is 3. The topological polar surface area (TPSA) is 78.9 Å². The molecule has 0 rings (SSSR count). The molecule has 0 fully saturated rings. The minimum absolute atomic E-state index is 0.114. The van der Waals surface area contributed by atoms with Gasteiger partial charge in [0.1, 0.15) is 13.2 Å². The number of rotatable bonds is 45. The lowest BCUT2D eigenvalue weighted by atomic mass is 10.1. The molecule has 0 saturated carbocycles. The van der Waals surface area contributed by atoms with E-state index in [-0.39, 0.29) is 37.5 Å². The maximum Gasteiger partial charge on any atom is 0.306 e. The van der Waals surface area contributed by atoms with E-state index in [4.69, 9.17) is 14.2 Å². The normalized spacial score (nSPS) is 13.3. The Hall–Kier alpha value is -4.71. The van der Waals surface area contributed by atoms with Crippen LogP contribution in [-0.4, -0.2) is 37.2 Å². The summed E-state index contributed by atoms with van der Waals surface area (Å²) >= 11 is 0. The van der Waals surface area contributed by atoms with E-state index in [1.165, 1.54) is 25.7 Å². The average molecular weight is 923 g/mol. The highest BCUT2D eigenvalue weighted by Crippen LogP contribution is 2.13. The second-order valence-corrected chi connectivity index (χ2v) is 17.0. The summed E-state index contributed by atoms with van der Waals surface area (Å²) in [6.07, 6.45) is 76.7. The van der Waals surface area contributed by atoms with E-state index in [9.17, 15) is 14.4 Å². The van der Waals surface area contributed by atoms with Gasteiger partial charge in [0, 0.05) is 19.3 Å². The number of hydrogen-bond donors (Lipinski definition) is 0. The van der Waals surface area contributed by atoms with Crippen molar-refractivity contribution in [3.63, 3.8) is 0 Å². The first kappa shape index (κ1) is 62.3. The first-order valence-corrected chi connectivity index (χ1v) is 26.5. The SMILES string of the molecule is CC/C=C/C=C/C=C/CCCCCCCC(=O)OCC(COC(=O)CCCCCCC/C=C/C=C/C=C/C=C/C=C/CCC)OC(=O)CCCCCCC/C=C/C=C/C=C/C=C/CCCCC. The third-order valence-electron chi connectivity index (χ3n) is 10.6. The molecule has 0 N–H and O–H groups in total. The van der Waals surface area contributed by atoms with Crippen molar-refractivity contribution in [2.24, 2.45) is 0 Å². The van der Waals surface area contributed by atoms with Crippen molar-refractivity contribution in [3.05, 3.63) is 146 Å². The Morgan fingerprint density at radius 3 is 0.970 bits per heavy atom. The number of unbranched alkanes of at least 4 members (excludes halogenated alkanes) is 19. The van der Waals surface area contributed by atoms with Crippen molar-refractivity contribution in [1.82, 2.24) is 0 Å². The third-order valence-corrected chi connectivity index (χ3v) is 10.6. The van der Waals surface area contributed by atoms with Crippen LogP contribution in [0.1, 0.15) is 201 Å². The fraction of sp³-hybridized carbons (Fsp3) is 0.557. The summed E-state index contributed by atoms with van der Waals surface area (Å²) in [6, 6.07) is 0. The molecule has 0 saturated heterocycles. The van der Waals surface area contributed by atoms with Gasteiger partial charge in [-0.15, -0.1) is 0 Å². The van der Waals surface area contributed by atoms with Crippen LogP contribution in [0.2, 0.25) is 0 Å². The zero-order valence-electron chi connectivity index (χ0n) is 42.6. The van der Waals surface area contributed by atoms with Gasteiger partial charge in [-0.3, -0.25) is 14.4 Å². The smallest absolute Gasteiger partial charge is 0.306 e. The first-order chi connectivity index (χ1) is 33.0. The van der Waals surface area contributed by atoms with Gasteiger partial charge in [-0.05, 0) is 83.5 Å². The van der Waals surface area contributed by atoms with Gasteiger partial charge in [-0.1, -0.05) is 244 Å². The predicted molar refractivity (Wildman–Crippen MR) is 288 cm³/mol. The van der Waals surface area contributed by atoms with Crippen LogP contribution in [-0.2, 0) is 28.6 Å². The van der Waals surface area contributed by atoms with Crippen LogP contribution < -0.4 is 0 Å². The monoisotopic (exact) mass is 923 g/mol. The number of carbonyl (C=O) groups excluding carboxylic acids is 3. The Morgan fingerprint density at radius 1 is 0.313 bits per heavy atom. The van der Waals surface area contributed by atoms with Crippen LogP contribution in [0.25, 0.3) is 0 Å². The first-order valence-electron chi connectivity index (χ1n) is 26.5. The molecule has 1 unspecified atom stereocenters. The quantitative estimate of drug-likeness (QED) is 0.0262. The third kappa shape index (κ3) is 52.1. The zero-order chi connectivity index (χ0) is 48.6. The van der Waals surface area contributed by atoms with E-state index in [1.54, 1.807) is 0 Å². The van der Waals surface area contributed by atoms with Crippen LogP contribution in [0.4, 0.5) is 0 Å². The van der Waals surface area contributed by atoms with E-state index >= 15 is 0 Å². The van der Waals surface area contributed by atoms with Gasteiger partial charge in [0.05, 0.1) is 0 Å². The lowest BCUT2D eigenvalue weighted by Crippen LogP contribution is -2.30. The highest BCUT2D eigenvalue weighted by molar-refractivity contribution is 5.71. The van der Waals surface area contributed by atoms with Gasteiger partial charge in [0.25, 0.3) is 0 Å². The van der Waals surface area contributed by atoms with Gasteiger partial charge in [0.15, 0.2) is 6.10 Å². The molecule has 67 heavy (non-hydrogen) atoms. The second kappa shape index (κ2) is 53.9. The van der Waals surface area contributed by atoms with E-state index in [2.05, 4.69) is 124 Å². The zero-order valence-corrected chi connectivity index (χ0v) is 42.6. The Morgan fingerprint density at radius 2 is 0.612 bits per heavy atom. The predicted octanol–water partition coefficient (Wildman–Crippen LogP) is 17.6. The van der Waals surface area contributed by atoms with E-state index in [0.29, 0.717) is 12.8 Å². The van der Waals surface area contributed by atoms with Crippen LogP contribution in [0, 0.1) is 0 Å². The second-order valence-electron chi connectivity index (χ2n) is 17.0. The minimum Gasteiger partial charge on any atom is -0.462 e. The number of esters is 3. The molecule has 0 aromatic carbocycles. The van der Waals surface area contributed by atoms with Crippen LogP contribution in [0.3, 0.4) is 0 Å². The molecule has 0 aliphatic carbocycles. The Labute approximate surface area is 410 Å². The summed E-state index contributed by atoms with van der Waals surface area (Å²) in [5.74, 6) is -0.991. The molecule has 1 atom stereocenters. The standard InChI is InChI=1S/C61H94O6/c1-4-7-10-13-16-19-22-25-27-29-31-33-36-39-42-45-48-51-54-60(63)66-57-58(56-65-59(62)53-50-47-44-41-38-35-24-21-18-15-12-9-6-3)67-61(64)55-52-49-46-43-40-37-34-32-30-28-26-23-20-17-14-11-8-5-2/h9-10,12-13,15-34,58H,4-8,11,14,35-57H2,1-3H3/b12-9+,13-10+,18-15+,19-16+,20-17+,24-21+,25-22+,26-23+,29-27+,30-28+,33-31+,34-32+. The maximum atomic E-state index is 12.8. The van der Waals surface area contributed by atoms with E-state index < -0.39 is 6.10 Å². The van der Waals surface area contributed by atoms with Crippen LogP contribution in [0.15, 0.2) is 146 Å². The molecule has 0 aromatic rings. The summed E-state index contributed by atoms with van der Waals surface area (Å²) < 4.78 is 16.8. The molecule has 0 amide bonds. The van der Waals surface area contributed by atoms with Crippen molar-refractivity contribution < 1.29 is 28.6 Å². The largest absolute Gasteiger partial charge is 0.462 e. The van der Waals surface area contributed by atoms with Crippen LogP contribution in [0.5, 0.6) is 0 Å². The van der Waals surface area contributed by atoms with E-state index in [1.807, 2.05) is 42.5 Å². The lowest BCUT2D eigenvalue weighted by Gasteiger charge is -2.18. The molecule has 0 radical (unpaired) electrons. The molecule has 0 spiro atoms. The Bertz CT molecular complexity index is 1530. The molecule has 0 aliphatic rings. The van der Waals surface area contributed by atoms with Crippen molar-refractivity contribution in [2.45, 2.75) is 207 Å². The summed E-state index contributed by atoms with van der Waals surface area (Å²) in [7, 11) is 0. The number of allylic oxidation sites excluding steroid dienone is 24. The van der Waals surface area contributed by atoms with Crippen LogP contribution >= 0.6 is 0 Å². The average Bonchev–Trinajstić information content (AvgIpc) is 3.33. The summed E-state index contributed by atoms with van der Waals surface area (Å²) in [5.41, 5.74) is 0. The van der Waals surface area contributed by atoms with Crippen molar-refractivity contribution in [2.75, 3.05) is 13.2 Å². The van der Waals surface area contributed by atoms with Gasteiger partial charge in [-0.2, -0.15) is 0 Å². The van der Waals surface area contributed by atoms with E-state index in [0.717, 1.165) is 135 Å². The van der Waals surface area contributed by atoms with Gasteiger partial charge in [0.2, 0.25) is 0 Å². The minimum atomic E-state index is -0.817. The molecule has 0 aliphatic heterocycles. The fourth-order valence-electron chi connectivity index (χ4n) is 6.60. The Balaban J connectivity index is 4.56. The Kier molecular flexibility index (Phi) is 50.1.